The average molecular weight is 322 g/mol. The van der Waals surface area contributed by atoms with Gasteiger partial charge in [-0.1, -0.05) is 67.1 Å². The van der Waals surface area contributed by atoms with Crippen LogP contribution in [-0.4, -0.2) is 18.5 Å². The van der Waals surface area contributed by atoms with E-state index in [1.807, 2.05) is 36.4 Å². The van der Waals surface area contributed by atoms with Crippen molar-refractivity contribution in [3.63, 3.8) is 0 Å². The third-order valence-corrected chi connectivity index (χ3v) is 4.84. The number of rotatable bonds is 5. The summed E-state index contributed by atoms with van der Waals surface area (Å²) < 4.78 is 0. The van der Waals surface area contributed by atoms with Crippen LogP contribution in [0.15, 0.2) is 60.7 Å². The molecular formula is C21H26N2O. The van der Waals surface area contributed by atoms with E-state index in [9.17, 15) is 4.79 Å². The molecule has 1 fully saturated rings. The molecule has 0 spiro atoms. The van der Waals surface area contributed by atoms with Crippen LogP contribution in [0.3, 0.4) is 0 Å². The molecule has 24 heavy (non-hydrogen) atoms. The van der Waals surface area contributed by atoms with E-state index in [0.29, 0.717) is 0 Å². The molecule has 1 amide bonds. The van der Waals surface area contributed by atoms with Gasteiger partial charge in [0.05, 0.1) is 11.6 Å². The summed E-state index contributed by atoms with van der Waals surface area (Å²) in [5.74, 6) is 0.108. The van der Waals surface area contributed by atoms with Crippen molar-refractivity contribution in [2.45, 2.75) is 44.2 Å². The minimum atomic E-state index is -0.418. The van der Waals surface area contributed by atoms with Crippen LogP contribution in [0.1, 0.15) is 37.3 Å². The van der Waals surface area contributed by atoms with Crippen LogP contribution in [0.25, 0.3) is 0 Å². The van der Waals surface area contributed by atoms with Crippen LogP contribution >= 0.6 is 0 Å². The van der Waals surface area contributed by atoms with E-state index in [2.05, 4.69) is 41.8 Å². The number of hydrogen-bond acceptors (Lipinski definition) is 2. The Morgan fingerprint density at radius 2 is 1.75 bits per heavy atom. The van der Waals surface area contributed by atoms with Gasteiger partial charge in [0.25, 0.3) is 0 Å². The second-order valence-corrected chi connectivity index (χ2v) is 6.85. The lowest BCUT2D eigenvalue weighted by Crippen LogP contribution is -2.53. The summed E-state index contributed by atoms with van der Waals surface area (Å²) in [5, 5.41) is 6.67. The second-order valence-electron chi connectivity index (χ2n) is 6.85. The van der Waals surface area contributed by atoms with Crippen molar-refractivity contribution >= 4 is 5.91 Å². The molecule has 2 atom stereocenters. The highest BCUT2D eigenvalue weighted by molar-refractivity contribution is 5.82. The number of amides is 1. The van der Waals surface area contributed by atoms with Crippen LogP contribution in [-0.2, 0) is 16.8 Å². The van der Waals surface area contributed by atoms with E-state index in [-0.39, 0.29) is 11.9 Å². The smallest absolute Gasteiger partial charge is 0.237 e. The van der Waals surface area contributed by atoms with E-state index in [4.69, 9.17) is 0 Å². The Balaban J connectivity index is 1.83. The molecule has 3 nitrogen and oxygen atoms in total. The van der Waals surface area contributed by atoms with Crippen molar-refractivity contribution in [1.82, 2.24) is 10.6 Å². The van der Waals surface area contributed by atoms with E-state index in [1.54, 1.807) is 0 Å². The Labute approximate surface area is 144 Å². The maximum atomic E-state index is 12.8. The van der Waals surface area contributed by atoms with Gasteiger partial charge in [0.2, 0.25) is 5.91 Å². The maximum absolute atomic E-state index is 12.8. The highest BCUT2D eigenvalue weighted by Crippen LogP contribution is 2.26. The maximum Gasteiger partial charge on any atom is 0.237 e. The van der Waals surface area contributed by atoms with Crippen molar-refractivity contribution in [2.24, 2.45) is 0 Å². The van der Waals surface area contributed by atoms with Gasteiger partial charge in [0.15, 0.2) is 0 Å². The normalized spacial score (nSPS) is 20.1. The quantitative estimate of drug-likeness (QED) is 0.886. The first-order valence-corrected chi connectivity index (χ1v) is 8.82. The van der Waals surface area contributed by atoms with Gasteiger partial charge < -0.3 is 10.6 Å². The van der Waals surface area contributed by atoms with E-state index in [1.165, 1.54) is 5.56 Å². The van der Waals surface area contributed by atoms with Crippen LogP contribution in [0, 0.1) is 0 Å². The summed E-state index contributed by atoms with van der Waals surface area (Å²) in [4.78, 5) is 12.8. The molecule has 1 aliphatic rings. The number of benzene rings is 2. The molecule has 0 saturated carbocycles. The summed E-state index contributed by atoms with van der Waals surface area (Å²) in [5.41, 5.74) is 1.94. The molecule has 2 unspecified atom stereocenters. The molecule has 3 heteroatoms. The lowest BCUT2D eigenvalue weighted by molar-refractivity contribution is -0.125. The zero-order valence-corrected chi connectivity index (χ0v) is 14.3. The molecule has 0 aliphatic carbocycles. The zero-order valence-electron chi connectivity index (χ0n) is 14.3. The molecule has 2 N–H and O–H groups in total. The van der Waals surface area contributed by atoms with Crippen LogP contribution in [0.2, 0.25) is 0 Å². The Hall–Kier alpha value is -2.13. The Morgan fingerprint density at radius 3 is 2.38 bits per heavy atom. The van der Waals surface area contributed by atoms with Gasteiger partial charge in [-0.2, -0.15) is 0 Å². The van der Waals surface area contributed by atoms with Crippen molar-refractivity contribution in [1.29, 1.82) is 0 Å². The van der Waals surface area contributed by atoms with Crippen LogP contribution in [0.4, 0.5) is 0 Å². The number of nitrogens with one attached hydrogen (secondary N) is 2. The molecule has 1 aliphatic heterocycles. The molecule has 0 aromatic heterocycles. The Kier molecular flexibility index (Phi) is 5.31. The zero-order chi connectivity index (χ0) is 16.8. The molecule has 2 aromatic rings. The predicted molar refractivity (Wildman–Crippen MR) is 97.7 cm³/mol. The third-order valence-electron chi connectivity index (χ3n) is 4.84. The minimum Gasteiger partial charge on any atom is -0.345 e. The second kappa shape index (κ2) is 7.63. The van der Waals surface area contributed by atoms with Gasteiger partial charge in [-0.25, -0.2) is 0 Å². The van der Waals surface area contributed by atoms with Crippen molar-refractivity contribution in [3.8, 4) is 0 Å². The number of piperidine rings is 1. The first kappa shape index (κ1) is 16.7. The van der Waals surface area contributed by atoms with E-state index in [0.717, 1.165) is 37.8 Å². The summed E-state index contributed by atoms with van der Waals surface area (Å²) >= 11 is 0. The number of carbonyl (C=O) groups is 1. The van der Waals surface area contributed by atoms with Gasteiger partial charge in [0, 0.05) is 0 Å². The average Bonchev–Trinajstić information content (AvgIpc) is 2.64. The molecule has 2 aromatic carbocycles. The summed E-state index contributed by atoms with van der Waals surface area (Å²) in [6.45, 7) is 3.05. The summed E-state index contributed by atoms with van der Waals surface area (Å²) in [6, 6.07) is 20.5. The van der Waals surface area contributed by atoms with Gasteiger partial charge in [-0.3, -0.25) is 4.79 Å². The highest BCUT2D eigenvalue weighted by atomic mass is 16.2. The first-order valence-electron chi connectivity index (χ1n) is 8.82. The molecule has 126 valence electrons. The van der Waals surface area contributed by atoms with E-state index < -0.39 is 5.54 Å². The minimum absolute atomic E-state index is 0.0717. The monoisotopic (exact) mass is 322 g/mol. The Morgan fingerprint density at radius 1 is 1.08 bits per heavy atom. The topological polar surface area (TPSA) is 41.1 Å². The van der Waals surface area contributed by atoms with Gasteiger partial charge in [-0.15, -0.1) is 0 Å². The number of hydrogen-bond donors (Lipinski definition) is 2. The van der Waals surface area contributed by atoms with Crippen LogP contribution < -0.4 is 10.6 Å². The lowest BCUT2D eigenvalue weighted by atomic mass is 9.85. The van der Waals surface area contributed by atoms with Crippen molar-refractivity contribution in [2.75, 3.05) is 6.54 Å². The van der Waals surface area contributed by atoms with Crippen molar-refractivity contribution in [3.05, 3.63) is 71.8 Å². The molecular weight excluding hydrogens is 296 g/mol. The first-order chi connectivity index (χ1) is 11.7. The largest absolute Gasteiger partial charge is 0.345 e. The van der Waals surface area contributed by atoms with Crippen LogP contribution in [0.5, 0.6) is 0 Å². The highest BCUT2D eigenvalue weighted by Gasteiger charge is 2.32. The molecule has 0 radical (unpaired) electrons. The van der Waals surface area contributed by atoms with Gasteiger partial charge in [0.1, 0.15) is 0 Å². The van der Waals surface area contributed by atoms with Gasteiger partial charge in [-0.05, 0) is 43.9 Å². The molecule has 1 heterocycles. The fourth-order valence-corrected chi connectivity index (χ4v) is 3.46. The van der Waals surface area contributed by atoms with E-state index >= 15 is 0 Å². The molecule has 1 saturated heterocycles. The SMILES string of the molecule is CC(Cc1ccccc1)(NC(=O)C1CCCCN1)c1ccccc1. The lowest BCUT2D eigenvalue weighted by Gasteiger charge is -2.34. The predicted octanol–water partition coefficient (Wildman–Crippen LogP) is 3.40. The Bertz CT molecular complexity index is 650. The molecule has 3 rings (SSSR count). The molecule has 0 bridgehead atoms. The summed E-state index contributed by atoms with van der Waals surface area (Å²) in [6.07, 6.45) is 3.97. The van der Waals surface area contributed by atoms with Gasteiger partial charge >= 0.3 is 0 Å². The summed E-state index contributed by atoms with van der Waals surface area (Å²) in [7, 11) is 0. The fraction of sp³-hybridized carbons (Fsp3) is 0.381. The van der Waals surface area contributed by atoms with Crippen molar-refractivity contribution < 1.29 is 4.79 Å². The fourth-order valence-electron chi connectivity index (χ4n) is 3.46. The third kappa shape index (κ3) is 4.04. The standard InChI is InChI=1S/C21H26N2O/c1-21(18-12-6-3-7-13-18,16-17-10-4-2-5-11-17)23-20(24)19-14-8-9-15-22-19/h2-7,10-13,19,22H,8-9,14-16H2,1H3,(H,23,24). The number of carbonyl (C=O) groups excluding carboxylic acids is 1.